The number of amides is 1. The number of pyridine rings is 1. The summed E-state index contributed by atoms with van der Waals surface area (Å²) in [5.41, 5.74) is 0.523. The van der Waals surface area contributed by atoms with E-state index in [1.54, 1.807) is 6.20 Å². The van der Waals surface area contributed by atoms with Crippen molar-refractivity contribution in [1.82, 2.24) is 14.9 Å². The molecule has 0 spiro atoms. The second-order valence-electron chi connectivity index (χ2n) is 4.73. The summed E-state index contributed by atoms with van der Waals surface area (Å²) in [4.78, 5) is 22.7. The molecule has 2 aromatic rings. The molecule has 1 aliphatic heterocycles. The fraction of sp³-hybridized carbons (Fsp3) is 0.357. The van der Waals surface area contributed by atoms with Crippen molar-refractivity contribution in [3.63, 3.8) is 0 Å². The largest absolute Gasteiger partial charge is 0.337 e. The maximum atomic E-state index is 12.3. The van der Waals surface area contributed by atoms with E-state index < -0.39 is 0 Å². The van der Waals surface area contributed by atoms with Crippen LogP contribution < -0.4 is 5.32 Å². The first-order chi connectivity index (χ1) is 9.83. The lowest BCUT2D eigenvalue weighted by atomic mass is 10.1. The maximum Gasteiger partial charge on any atom is 0.273 e. The number of thiazole rings is 1. The Hall–Kier alpha value is -1.95. The molecule has 1 fully saturated rings. The molecule has 6 heteroatoms. The fourth-order valence-electron chi connectivity index (χ4n) is 2.23. The lowest BCUT2D eigenvalue weighted by Gasteiger charge is -2.25. The minimum absolute atomic E-state index is 0.0371. The third kappa shape index (κ3) is 2.96. The fourth-order valence-corrected chi connectivity index (χ4v) is 2.93. The number of nitrogens with zero attached hydrogens (tertiary/aromatic N) is 3. The van der Waals surface area contributed by atoms with Gasteiger partial charge in [-0.05, 0) is 31.4 Å². The third-order valence-electron chi connectivity index (χ3n) is 3.27. The summed E-state index contributed by atoms with van der Waals surface area (Å²) in [7, 11) is 0. The highest BCUT2D eigenvalue weighted by molar-refractivity contribution is 7.14. The number of hydrogen-bond donors (Lipinski definition) is 1. The number of carbonyl (C=O) groups excluding carboxylic acids is 1. The van der Waals surface area contributed by atoms with Crippen LogP contribution in [0.1, 0.15) is 29.8 Å². The number of aromatic nitrogens is 2. The summed E-state index contributed by atoms with van der Waals surface area (Å²) in [6.07, 6.45) is 5.12. The molecule has 0 atom stereocenters. The van der Waals surface area contributed by atoms with Gasteiger partial charge in [0.25, 0.3) is 5.91 Å². The SMILES string of the molecule is O=C(c1csc(Nc2ccccn2)n1)N1CCCCC1. The van der Waals surface area contributed by atoms with Crippen LogP contribution in [-0.2, 0) is 0 Å². The van der Waals surface area contributed by atoms with Crippen molar-refractivity contribution in [3.05, 3.63) is 35.5 Å². The van der Waals surface area contributed by atoms with Gasteiger partial charge in [0.05, 0.1) is 0 Å². The van der Waals surface area contributed by atoms with E-state index in [0.29, 0.717) is 10.8 Å². The lowest BCUT2D eigenvalue weighted by Crippen LogP contribution is -2.35. The smallest absolute Gasteiger partial charge is 0.273 e. The molecular formula is C14H16N4OS. The molecule has 1 N–H and O–H groups in total. The van der Waals surface area contributed by atoms with E-state index in [4.69, 9.17) is 0 Å². The maximum absolute atomic E-state index is 12.3. The van der Waals surface area contributed by atoms with Crippen LogP contribution in [0.15, 0.2) is 29.8 Å². The Labute approximate surface area is 121 Å². The van der Waals surface area contributed by atoms with Crippen LogP contribution in [-0.4, -0.2) is 33.9 Å². The van der Waals surface area contributed by atoms with Crippen molar-refractivity contribution in [3.8, 4) is 0 Å². The summed E-state index contributed by atoms with van der Waals surface area (Å²) in [6.45, 7) is 1.69. The second kappa shape index (κ2) is 6.00. The molecule has 20 heavy (non-hydrogen) atoms. The van der Waals surface area contributed by atoms with Crippen molar-refractivity contribution in [2.75, 3.05) is 18.4 Å². The summed E-state index contributed by atoms with van der Waals surface area (Å²) in [6, 6.07) is 5.63. The van der Waals surface area contributed by atoms with Crippen LogP contribution in [0.25, 0.3) is 0 Å². The molecule has 104 valence electrons. The van der Waals surface area contributed by atoms with Crippen molar-refractivity contribution in [1.29, 1.82) is 0 Å². The molecule has 1 amide bonds. The predicted octanol–water partition coefficient (Wildman–Crippen LogP) is 2.91. The summed E-state index contributed by atoms with van der Waals surface area (Å²) < 4.78 is 0. The highest BCUT2D eigenvalue weighted by Crippen LogP contribution is 2.21. The van der Waals surface area contributed by atoms with Crippen molar-refractivity contribution >= 4 is 28.2 Å². The second-order valence-corrected chi connectivity index (χ2v) is 5.59. The van der Waals surface area contributed by atoms with Crippen LogP contribution in [0.5, 0.6) is 0 Å². The Bertz CT molecular complexity index is 578. The third-order valence-corrected chi connectivity index (χ3v) is 4.02. The van der Waals surface area contributed by atoms with Gasteiger partial charge < -0.3 is 10.2 Å². The van der Waals surface area contributed by atoms with E-state index in [1.807, 2.05) is 28.5 Å². The standard InChI is InChI=1S/C14H16N4OS/c19-13(18-8-4-1-5-9-18)11-10-20-14(16-11)17-12-6-2-3-7-15-12/h2-3,6-7,10H,1,4-5,8-9H2,(H,15,16,17). The molecule has 0 radical (unpaired) electrons. The summed E-state index contributed by atoms with van der Waals surface area (Å²) >= 11 is 1.43. The van der Waals surface area contributed by atoms with Gasteiger partial charge in [-0.2, -0.15) is 0 Å². The average molecular weight is 288 g/mol. The number of rotatable bonds is 3. The van der Waals surface area contributed by atoms with Crippen LogP contribution in [0.3, 0.4) is 0 Å². The molecule has 1 saturated heterocycles. The van der Waals surface area contributed by atoms with Crippen molar-refractivity contribution in [2.24, 2.45) is 0 Å². The van der Waals surface area contributed by atoms with Gasteiger partial charge in [-0.3, -0.25) is 4.79 Å². The van der Waals surface area contributed by atoms with Crippen LogP contribution in [0.4, 0.5) is 10.9 Å². The topological polar surface area (TPSA) is 58.1 Å². The van der Waals surface area contributed by atoms with E-state index in [1.165, 1.54) is 17.8 Å². The van der Waals surface area contributed by atoms with E-state index in [0.717, 1.165) is 31.7 Å². The van der Waals surface area contributed by atoms with E-state index in [-0.39, 0.29) is 5.91 Å². The number of hydrogen-bond acceptors (Lipinski definition) is 5. The quantitative estimate of drug-likeness (QED) is 0.943. The summed E-state index contributed by atoms with van der Waals surface area (Å²) in [5, 5.41) is 5.61. The van der Waals surface area contributed by atoms with Crippen LogP contribution in [0.2, 0.25) is 0 Å². The highest BCUT2D eigenvalue weighted by atomic mass is 32.1. The number of carbonyl (C=O) groups is 1. The van der Waals surface area contributed by atoms with E-state index in [9.17, 15) is 4.79 Å². The summed E-state index contributed by atoms with van der Waals surface area (Å²) in [5.74, 6) is 0.772. The predicted molar refractivity (Wildman–Crippen MR) is 79.4 cm³/mol. The lowest BCUT2D eigenvalue weighted by molar-refractivity contribution is 0.0719. The Morgan fingerprint density at radius 2 is 2.10 bits per heavy atom. The van der Waals surface area contributed by atoms with Crippen LogP contribution >= 0.6 is 11.3 Å². The minimum atomic E-state index is 0.0371. The van der Waals surface area contributed by atoms with Gasteiger partial charge in [0.15, 0.2) is 5.13 Å². The minimum Gasteiger partial charge on any atom is -0.337 e. The van der Waals surface area contributed by atoms with Crippen molar-refractivity contribution in [2.45, 2.75) is 19.3 Å². The van der Waals surface area contributed by atoms with Gasteiger partial charge >= 0.3 is 0 Å². The van der Waals surface area contributed by atoms with E-state index in [2.05, 4.69) is 15.3 Å². The molecule has 3 rings (SSSR count). The molecule has 0 unspecified atom stereocenters. The van der Waals surface area contributed by atoms with Gasteiger partial charge in [0.1, 0.15) is 11.5 Å². The Kier molecular flexibility index (Phi) is 3.92. The monoisotopic (exact) mass is 288 g/mol. The average Bonchev–Trinajstić information content (AvgIpc) is 2.97. The first kappa shape index (κ1) is 13.1. The number of anilines is 2. The molecular weight excluding hydrogens is 272 g/mol. The number of nitrogens with one attached hydrogen (secondary N) is 1. The normalized spacial score (nSPS) is 15.1. The van der Waals surface area contributed by atoms with Gasteiger partial charge in [-0.25, -0.2) is 9.97 Å². The van der Waals surface area contributed by atoms with Gasteiger partial charge in [0.2, 0.25) is 0 Å². The highest BCUT2D eigenvalue weighted by Gasteiger charge is 2.20. The molecule has 0 aliphatic carbocycles. The molecule has 0 bridgehead atoms. The number of piperidine rings is 1. The van der Waals surface area contributed by atoms with Crippen molar-refractivity contribution < 1.29 is 4.79 Å². The number of likely N-dealkylation sites (tertiary alicyclic amines) is 1. The first-order valence-electron chi connectivity index (χ1n) is 6.76. The Morgan fingerprint density at radius 3 is 2.85 bits per heavy atom. The van der Waals surface area contributed by atoms with Crippen LogP contribution in [0, 0.1) is 0 Å². The van der Waals surface area contributed by atoms with Gasteiger partial charge in [-0.1, -0.05) is 6.07 Å². The Morgan fingerprint density at radius 1 is 1.25 bits per heavy atom. The zero-order valence-corrected chi connectivity index (χ0v) is 11.9. The zero-order chi connectivity index (χ0) is 13.8. The molecule has 0 aromatic carbocycles. The van der Waals surface area contributed by atoms with E-state index >= 15 is 0 Å². The zero-order valence-electron chi connectivity index (χ0n) is 11.1. The Balaban J connectivity index is 1.68. The molecule has 1 aliphatic rings. The molecule has 2 aromatic heterocycles. The van der Waals surface area contributed by atoms with Gasteiger partial charge in [-0.15, -0.1) is 11.3 Å². The molecule has 5 nitrogen and oxygen atoms in total. The van der Waals surface area contributed by atoms with Gasteiger partial charge in [0, 0.05) is 24.7 Å². The first-order valence-corrected chi connectivity index (χ1v) is 7.64. The molecule has 3 heterocycles. The molecule has 0 saturated carbocycles.